The Morgan fingerprint density at radius 1 is 1.21 bits per heavy atom. The van der Waals surface area contributed by atoms with Crippen molar-refractivity contribution in [1.29, 1.82) is 0 Å². The Labute approximate surface area is 199 Å². The Balaban J connectivity index is 0.000000383. The van der Waals surface area contributed by atoms with Gasteiger partial charge in [-0.15, -0.1) is 11.3 Å². The van der Waals surface area contributed by atoms with Crippen LogP contribution in [-0.2, 0) is 4.79 Å². The summed E-state index contributed by atoms with van der Waals surface area (Å²) in [6, 6.07) is 7.55. The quantitative estimate of drug-likeness (QED) is 0.454. The van der Waals surface area contributed by atoms with E-state index < -0.39 is 12.1 Å². The van der Waals surface area contributed by atoms with Crippen LogP contribution in [0.15, 0.2) is 40.3 Å². The number of anilines is 2. The minimum atomic E-state index is -5.08. The number of alkyl halides is 3. The van der Waals surface area contributed by atoms with Gasteiger partial charge in [-0.05, 0) is 41.0 Å². The molecule has 176 valence electrons. The molecule has 1 amide bonds. The number of carboxylic acid groups (broad SMARTS) is 1. The number of benzene rings is 1. The van der Waals surface area contributed by atoms with Crippen LogP contribution in [0.3, 0.4) is 0 Å². The summed E-state index contributed by atoms with van der Waals surface area (Å²) in [5.74, 6) is -2.10. The molecule has 0 spiro atoms. The number of hydrogen-bond donors (Lipinski definition) is 3. The zero-order valence-electron chi connectivity index (χ0n) is 17.0. The molecule has 33 heavy (non-hydrogen) atoms. The molecule has 1 aliphatic rings. The maximum atomic E-state index is 12.8. The van der Waals surface area contributed by atoms with Crippen molar-refractivity contribution < 1.29 is 27.9 Å². The fourth-order valence-electron chi connectivity index (χ4n) is 2.94. The number of hydrogen-bond acceptors (Lipinski definition) is 7. The summed E-state index contributed by atoms with van der Waals surface area (Å²) in [6.45, 7) is 3.78. The number of nitrogens with one attached hydrogen (secondary N) is 2. The van der Waals surface area contributed by atoms with Crippen molar-refractivity contribution >= 4 is 61.0 Å². The number of aromatic nitrogens is 2. The van der Waals surface area contributed by atoms with Crippen molar-refractivity contribution in [3.63, 3.8) is 0 Å². The molecule has 0 bridgehead atoms. The fraction of sp³-hybridized carbons (Fsp3) is 0.300. The van der Waals surface area contributed by atoms with E-state index in [1.54, 1.807) is 6.20 Å². The van der Waals surface area contributed by atoms with E-state index in [1.165, 1.54) is 11.3 Å². The van der Waals surface area contributed by atoms with E-state index in [4.69, 9.17) is 14.9 Å². The molecule has 1 saturated heterocycles. The molecule has 1 aliphatic heterocycles. The third-order valence-electron chi connectivity index (χ3n) is 4.54. The number of carboxylic acids is 1. The van der Waals surface area contributed by atoms with Crippen molar-refractivity contribution in [3.8, 4) is 0 Å². The van der Waals surface area contributed by atoms with E-state index in [-0.39, 0.29) is 5.91 Å². The smallest absolute Gasteiger partial charge is 0.475 e. The topological polar surface area (TPSA) is 107 Å². The summed E-state index contributed by atoms with van der Waals surface area (Å²) in [5, 5.41) is 15.3. The lowest BCUT2D eigenvalue weighted by molar-refractivity contribution is -0.192. The van der Waals surface area contributed by atoms with Gasteiger partial charge in [-0.3, -0.25) is 4.79 Å². The van der Waals surface area contributed by atoms with Gasteiger partial charge in [0.25, 0.3) is 5.91 Å². The van der Waals surface area contributed by atoms with E-state index in [9.17, 15) is 18.0 Å². The van der Waals surface area contributed by atoms with E-state index in [0.29, 0.717) is 11.1 Å². The molecule has 3 aromatic rings. The molecule has 3 N–H and O–H groups in total. The van der Waals surface area contributed by atoms with E-state index in [0.717, 1.165) is 53.4 Å². The zero-order chi connectivity index (χ0) is 24.0. The Morgan fingerprint density at radius 2 is 1.94 bits per heavy atom. The van der Waals surface area contributed by atoms with Crippen molar-refractivity contribution in [2.75, 3.05) is 36.4 Å². The lowest BCUT2D eigenvalue weighted by Crippen LogP contribution is -2.28. The van der Waals surface area contributed by atoms with Crippen LogP contribution in [0.1, 0.15) is 16.8 Å². The second-order valence-electron chi connectivity index (χ2n) is 6.86. The Hall–Kier alpha value is -2.77. The van der Waals surface area contributed by atoms with Crippen LogP contribution in [-0.4, -0.2) is 59.3 Å². The van der Waals surface area contributed by atoms with Gasteiger partial charge in [-0.2, -0.15) is 13.2 Å². The average Bonchev–Trinajstić information content (AvgIpc) is 3.00. The Kier molecular flexibility index (Phi) is 8.21. The van der Waals surface area contributed by atoms with Crippen LogP contribution < -0.4 is 15.5 Å². The third kappa shape index (κ3) is 6.62. The van der Waals surface area contributed by atoms with Crippen LogP contribution >= 0.6 is 27.3 Å². The third-order valence-corrected chi connectivity index (χ3v) is 6.11. The molecular formula is C20H19BrF3N5O3S. The lowest BCUT2D eigenvalue weighted by Gasteiger charge is -2.20. The van der Waals surface area contributed by atoms with Gasteiger partial charge in [0.2, 0.25) is 0 Å². The lowest BCUT2D eigenvalue weighted by atomic mass is 10.2. The molecule has 4 rings (SSSR count). The van der Waals surface area contributed by atoms with Crippen molar-refractivity contribution in [2.45, 2.75) is 12.6 Å². The SMILES string of the molecule is O=C(Nc1ccccc1Br)c1csc2ncc(N3CCCNCC3)nc12.O=C(O)C(F)(F)F. The van der Waals surface area contributed by atoms with Gasteiger partial charge in [-0.1, -0.05) is 12.1 Å². The second kappa shape index (κ2) is 10.9. The number of carbonyl (C=O) groups is 2. The molecule has 1 fully saturated rings. The average molecular weight is 546 g/mol. The first-order valence-electron chi connectivity index (χ1n) is 9.72. The maximum absolute atomic E-state index is 12.8. The van der Waals surface area contributed by atoms with E-state index >= 15 is 0 Å². The maximum Gasteiger partial charge on any atom is 0.490 e. The number of amides is 1. The standard InChI is InChI=1S/C18H18BrN5OS.C2HF3O2/c19-13-4-1-2-5-14(13)22-17(25)12-11-26-18-16(12)23-15(10-21-18)24-8-3-6-20-7-9-24;3-2(4,5)1(6)7/h1-2,4-5,10-11,20H,3,6-9H2,(H,22,25);(H,6,7). The predicted octanol–water partition coefficient (Wildman–Crippen LogP) is 4.14. The van der Waals surface area contributed by atoms with Gasteiger partial charge in [0.15, 0.2) is 0 Å². The van der Waals surface area contributed by atoms with Crippen LogP contribution in [0.5, 0.6) is 0 Å². The number of halogens is 4. The molecule has 0 saturated carbocycles. The number of rotatable bonds is 3. The van der Waals surface area contributed by atoms with Gasteiger partial charge in [-0.25, -0.2) is 14.8 Å². The molecule has 2 aromatic heterocycles. The summed E-state index contributed by atoms with van der Waals surface area (Å²) >= 11 is 4.90. The normalized spacial score (nSPS) is 14.2. The largest absolute Gasteiger partial charge is 0.490 e. The molecule has 0 atom stereocenters. The number of aliphatic carboxylic acids is 1. The molecule has 0 aliphatic carbocycles. The molecular weight excluding hydrogens is 527 g/mol. The predicted molar refractivity (Wildman–Crippen MR) is 123 cm³/mol. The number of nitrogens with zero attached hydrogens (tertiary/aromatic N) is 3. The van der Waals surface area contributed by atoms with Crippen LogP contribution in [0.2, 0.25) is 0 Å². The van der Waals surface area contributed by atoms with Gasteiger partial charge in [0, 0.05) is 29.5 Å². The van der Waals surface area contributed by atoms with E-state index in [1.807, 2.05) is 29.6 Å². The van der Waals surface area contributed by atoms with Crippen molar-refractivity contribution in [3.05, 3.63) is 45.9 Å². The minimum Gasteiger partial charge on any atom is -0.475 e. The van der Waals surface area contributed by atoms with Crippen molar-refractivity contribution in [2.24, 2.45) is 0 Å². The van der Waals surface area contributed by atoms with Crippen LogP contribution in [0.4, 0.5) is 24.7 Å². The Morgan fingerprint density at radius 3 is 2.64 bits per heavy atom. The van der Waals surface area contributed by atoms with E-state index in [2.05, 4.69) is 36.4 Å². The summed E-state index contributed by atoms with van der Waals surface area (Å²) in [5.41, 5.74) is 1.96. The second-order valence-corrected chi connectivity index (χ2v) is 8.57. The molecule has 0 radical (unpaired) electrons. The van der Waals surface area contributed by atoms with Gasteiger partial charge in [0.1, 0.15) is 16.2 Å². The fourth-order valence-corrected chi connectivity index (χ4v) is 4.15. The molecule has 8 nitrogen and oxygen atoms in total. The molecule has 13 heteroatoms. The summed E-state index contributed by atoms with van der Waals surface area (Å²) in [7, 11) is 0. The first kappa shape index (κ1) is 24.9. The highest BCUT2D eigenvalue weighted by molar-refractivity contribution is 9.10. The molecule has 0 unspecified atom stereocenters. The number of fused-ring (bicyclic) bond motifs is 1. The molecule has 1 aromatic carbocycles. The number of thiophene rings is 1. The van der Waals surface area contributed by atoms with Gasteiger partial charge >= 0.3 is 12.1 Å². The highest BCUT2D eigenvalue weighted by Crippen LogP contribution is 2.27. The number of carbonyl (C=O) groups excluding carboxylic acids is 1. The summed E-state index contributed by atoms with van der Waals surface area (Å²) < 4.78 is 32.6. The first-order valence-corrected chi connectivity index (χ1v) is 11.4. The Bertz CT molecular complexity index is 1130. The van der Waals surface area contributed by atoms with Gasteiger partial charge < -0.3 is 20.6 Å². The summed E-state index contributed by atoms with van der Waals surface area (Å²) in [6.07, 6.45) is -2.21. The van der Waals surface area contributed by atoms with Gasteiger partial charge in [0.05, 0.1) is 17.4 Å². The number of para-hydroxylation sites is 1. The zero-order valence-corrected chi connectivity index (χ0v) is 19.4. The molecule has 3 heterocycles. The van der Waals surface area contributed by atoms with Crippen molar-refractivity contribution in [1.82, 2.24) is 15.3 Å². The first-order chi connectivity index (χ1) is 15.7. The monoisotopic (exact) mass is 545 g/mol. The minimum absolute atomic E-state index is 0.174. The van der Waals surface area contributed by atoms with Crippen LogP contribution in [0.25, 0.3) is 10.3 Å². The highest BCUT2D eigenvalue weighted by Gasteiger charge is 2.38. The van der Waals surface area contributed by atoms with Crippen LogP contribution in [0, 0.1) is 0 Å². The summed E-state index contributed by atoms with van der Waals surface area (Å²) in [4.78, 5) is 33.9. The highest BCUT2D eigenvalue weighted by atomic mass is 79.9.